The lowest BCUT2D eigenvalue weighted by Gasteiger charge is -2.10. The van der Waals surface area contributed by atoms with E-state index >= 15 is 0 Å². The third-order valence-electron chi connectivity index (χ3n) is 7.67. The van der Waals surface area contributed by atoms with Crippen molar-refractivity contribution >= 4 is 43.6 Å². The molecule has 0 unspecified atom stereocenters. The fraction of sp³-hybridized carbons (Fsp3) is 0.118. The van der Waals surface area contributed by atoms with E-state index in [1.165, 1.54) is 66.1 Å². The first-order chi connectivity index (χ1) is 17.8. The maximum atomic E-state index is 2.42. The van der Waals surface area contributed by atoms with Gasteiger partial charge in [0.25, 0.3) is 0 Å². The number of benzene rings is 5. The quantitative estimate of drug-likeness (QED) is 0.246. The summed E-state index contributed by atoms with van der Waals surface area (Å²) in [5.74, 6) is 0. The zero-order valence-electron chi connectivity index (χ0n) is 20.7. The van der Waals surface area contributed by atoms with Crippen molar-refractivity contribution in [1.82, 2.24) is 9.13 Å². The average molecular weight is 465 g/mol. The van der Waals surface area contributed by atoms with Gasteiger partial charge in [-0.1, -0.05) is 74.5 Å². The molecule has 7 aromatic rings. The topological polar surface area (TPSA) is 9.86 Å². The van der Waals surface area contributed by atoms with Crippen LogP contribution < -0.4 is 0 Å². The number of aryl methyl sites for hydroxylation is 2. The maximum Gasteiger partial charge on any atom is 0.0548 e. The molecule has 0 aliphatic heterocycles. The molecule has 5 aromatic carbocycles. The summed E-state index contributed by atoms with van der Waals surface area (Å²) in [4.78, 5) is 0. The van der Waals surface area contributed by atoms with E-state index in [2.05, 4.69) is 132 Å². The lowest BCUT2D eigenvalue weighted by molar-refractivity contribution is 1.12. The molecule has 0 saturated heterocycles. The Labute approximate surface area is 211 Å². The maximum absolute atomic E-state index is 2.42. The summed E-state index contributed by atoms with van der Waals surface area (Å²) < 4.78 is 4.84. The third-order valence-corrected chi connectivity index (χ3v) is 7.67. The van der Waals surface area contributed by atoms with Crippen LogP contribution in [0.2, 0.25) is 0 Å². The molecule has 2 heteroatoms. The van der Waals surface area contributed by atoms with E-state index in [0.717, 1.165) is 12.8 Å². The molecule has 0 radical (unpaired) electrons. The Morgan fingerprint density at radius 1 is 0.417 bits per heavy atom. The summed E-state index contributed by atoms with van der Waals surface area (Å²) in [6.07, 6.45) is 2.10. The first-order valence-electron chi connectivity index (χ1n) is 12.9. The van der Waals surface area contributed by atoms with Crippen LogP contribution in [0.1, 0.15) is 25.0 Å². The molecule has 2 heterocycles. The molecule has 0 spiro atoms. The van der Waals surface area contributed by atoms with Crippen molar-refractivity contribution in [1.29, 1.82) is 0 Å². The molecule has 174 valence electrons. The summed E-state index contributed by atoms with van der Waals surface area (Å²) in [6.45, 7) is 4.41. The second kappa shape index (κ2) is 8.13. The Bertz CT molecular complexity index is 1740. The summed E-state index contributed by atoms with van der Waals surface area (Å²) in [7, 11) is 0. The highest BCUT2D eigenvalue weighted by Gasteiger charge is 2.18. The molecule has 0 aliphatic rings. The van der Waals surface area contributed by atoms with Gasteiger partial charge in [0.05, 0.1) is 22.1 Å². The van der Waals surface area contributed by atoms with Crippen LogP contribution >= 0.6 is 0 Å². The Morgan fingerprint density at radius 3 is 1.19 bits per heavy atom. The van der Waals surface area contributed by atoms with Crippen molar-refractivity contribution in [2.45, 2.75) is 26.7 Å². The van der Waals surface area contributed by atoms with Crippen molar-refractivity contribution in [3.8, 4) is 11.4 Å². The zero-order valence-corrected chi connectivity index (χ0v) is 20.7. The lowest BCUT2D eigenvalue weighted by Crippen LogP contribution is -1.95. The third kappa shape index (κ3) is 3.04. The van der Waals surface area contributed by atoms with Gasteiger partial charge in [0.15, 0.2) is 0 Å². The highest BCUT2D eigenvalue weighted by atomic mass is 15.0. The lowest BCUT2D eigenvalue weighted by atomic mass is 10.1. The molecule has 0 saturated carbocycles. The fourth-order valence-corrected chi connectivity index (χ4v) is 5.75. The summed E-state index contributed by atoms with van der Waals surface area (Å²) in [6, 6.07) is 40.4. The van der Waals surface area contributed by atoms with Gasteiger partial charge in [-0.2, -0.15) is 0 Å². The number of rotatable bonds is 4. The smallest absolute Gasteiger partial charge is 0.0548 e. The van der Waals surface area contributed by atoms with Gasteiger partial charge in [-0.25, -0.2) is 0 Å². The molecule has 36 heavy (non-hydrogen) atoms. The molecular weight excluding hydrogens is 436 g/mol. The number of nitrogens with zero attached hydrogens (tertiary/aromatic N) is 2. The average Bonchev–Trinajstić information content (AvgIpc) is 3.44. The first-order valence-corrected chi connectivity index (χ1v) is 12.9. The number of hydrogen-bond donors (Lipinski definition) is 0. The first kappa shape index (κ1) is 21.0. The van der Waals surface area contributed by atoms with Crippen molar-refractivity contribution in [3.05, 3.63) is 120 Å². The van der Waals surface area contributed by atoms with Crippen molar-refractivity contribution in [2.24, 2.45) is 0 Å². The molecule has 2 nitrogen and oxygen atoms in total. The normalized spacial score (nSPS) is 11.8. The van der Waals surface area contributed by atoms with Gasteiger partial charge in [0, 0.05) is 32.9 Å². The number of hydrogen-bond acceptors (Lipinski definition) is 0. The second-order valence-corrected chi connectivity index (χ2v) is 9.63. The van der Waals surface area contributed by atoms with Crippen LogP contribution in [0.3, 0.4) is 0 Å². The molecule has 0 aliphatic carbocycles. The van der Waals surface area contributed by atoms with E-state index < -0.39 is 0 Å². The molecule has 2 aromatic heterocycles. The van der Waals surface area contributed by atoms with Crippen LogP contribution in [0.25, 0.3) is 55.0 Å². The second-order valence-electron chi connectivity index (χ2n) is 9.63. The van der Waals surface area contributed by atoms with E-state index in [4.69, 9.17) is 0 Å². The Kier molecular flexibility index (Phi) is 4.75. The monoisotopic (exact) mass is 464 g/mol. The van der Waals surface area contributed by atoms with Gasteiger partial charge in [-0.3, -0.25) is 0 Å². The highest BCUT2D eigenvalue weighted by molar-refractivity contribution is 6.19. The fourth-order valence-electron chi connectivity index (χ4n) is 5.75. The van der Waals surface area contributed by atoms with E-state index in [9.17, 15) is 0 Å². The van der Waals surface area contributed by atoms with Crippen LogP contribution in [-0.2, 0) is 12.8 Å². The molecular formula is C34H28N2. The Morgan fingerprint density at radius 2 is 0.806 bits per heavy atom. The van der Waals surface area contributed by atoms with Gasteiger partial charge in [0.1, 0.15) is 0 Å². The van der Waals surface area contributed by atoms with Crippen LogP contribution in [-0.4, -0.2) is 9.13 Å². The van der Waals surface area contributed by atoms with E-state index in [-0.39, 0.29) is 0 Å². The minimum Gasteiger partial charge on any atom is -0.309 e. The van der Waals surface area contributed by atoms with Crippen LogP contribution in [0.15, 0.2) is 109 Å². The standard InChI is InChI=1S/C34H28N2/c1-3-23-13-17-25(18-14-23)35-31-11-7-5-9-27(31)29-22-34-30(21-33(29)35)28-10-6-8-12-32(28)36(34)26-19-15-24(4-2)16-20-26/h5-22H,3-4H2,1-2H3. The highest BCUT2D eigenvalue weighted by Crippen LogP contribution is 2.39. The number of fused-ring (bicyclic) bond motifs is 6. The minimum atomic E-state index is 1.05. The van der Waals surface area contributed by atoms with Gasteiger partial charge in [-0.15, -0.1) is 0 Å². The summed E-state index contributed by atoms with van der Waals surface area (Å²) in [5.41, 5.74) is 10.1. The van der Waals surface area contributed by atoms with Crippen LogP contribution in [0, 0.1) is 0 Å². The molecule has 0 fully saturated rings. The largest absolute Gasteiger partial charge is 0.309 e. The van der Waals surface area contributed by atoms with E-state index in [0.29, 0.717) is 0 Å². The van der Waals surface area contributed by atoms with Crippen LogP contribution in [0.5, 0.6) is 0 Å². The van der Waals surface area contributed by atoms with Gasteiger partial charge >= 0.3 is 0 Å². The van der Waals surface area contributed by atoms with Gasteiger partial charge < -0.3 is 9.13 Å². The molecule has 7 rings (SSSR count). The predicted octanol–water partition coefficient (Wildman–Crippen LogP) is 9.01. The van der Waals surface area contributed by atoms with Crippen LogP contribution in [0.4, 0.5) is 0 Å². The predicted molar refractivity (Wildman–Crippen MR) is 154 cm³/mol. The molecule has 0 amide bonds. The number of aromatic nitrogens is 2. The van der Waals surface area contributed by atoms with E-state index in [1.54, 1.807) is 0 Å². The van der Waals surface area contributed by atoms with E-state index in [1.807, 2.05) is 0 Å². The van der Waals surface area contributed by atoms with Gasteiger partial charge in [0.2, 0.25) is 0 Å². The summed E-state index contributed by atoms with van der Waals surface area (Å²) >= 11 is 0. The van der Waals surface area contributed by atoms with Crippen molar-refractivity contribution < 1.29 is 0 Å². The molecule has 0 bridgehead atoms. The minimum absolute atomic E-state index is 1.05. The van der Waals surface area contributed by atoms with Crippen molar-refractivity contribution in [2.75, 3.05) is 0 Å². The Balaban J connectivity index is 1.60. The Hall–Kier alpha value is -4.30. The SMILES string of the molecule is CCc1ccc(-n2c3ccccc3c3cc4c(cc32)c2ccccc2n4-c2ccc(CC)cc2)cc1. The molecule has 0 atom stereocenters. The molecule has 0 N–H and O–H groups in total. The summed E-state index contributed by atoms with van der Waals surface area (Å²) in [5, 5.41) is 5.14. The zero-order chi connectivity index (χ0) is 24.2. The van der Waals surface area contributed by atoms with Crippen molar-refractivity contribution in [3.63, 3.8) is 0 Å². The number of para-hydroxylation sites is 2. The van der Waals surface area contributed by atoms with Gasteiger partial charge in [-0.05, 0) is 72.5 Å².